The van der Waals surface area contributed by atoms with Gasteiger partial charge in [0.15, 0.2) is 0 Å². The second-order valence-corrected chi connectivity index (χ2v) is 5.61. The Balaban J connectivity index is 2.34. The summed E-state index contributed by atoms with van der Waals surface area (Å²) in [6, 6.07) is 7.18. The highest BCUT2D eigenvalue weighted by Crippen LogP contribution is 2.22. The Morgan fingerprint density at radius 3 is 2.65 bits per heavy atom. The van der Waals surface area contributed by atoms with Gasteiger partial charge in [0, 0.05) is 19.5 Å². The molecule has 5 heteroatoms. The predicted molar refractivity (Wildman–Crippen MR) is 82.0 cm³/mol. The second kappa shape index (κ2) is 8.12. The van der Waals surface area contributed by atoms with Crippen molar-refractivity contribution >= 4 is 17.5 Å². The van der Waals surface area contributed by atoms with E-state index < -0.39 is 0 Å². The number of para-hydroxylation sites is 1. The fraction of sp³-hybridized carbons (Fsp3) is 0.533. The highest BCUT2D eigenvalue weighted by Gasteiger charge is 2.16. The summed E-state index contributed by atoms with van der Waals surface area (Å²) >= 11 is 5.98. The maximum Gasteiger partial charge on any atom is 0.223 e. The molecule has 1 amide bonds. The SMILES string of the molecule is CC(C)C(N)CC(=O)N(C)CCOc1ccccc1Cl. The van der Waals surface area contributed by atoms with E-state index in [9.17, 15) is 4.79 Å². The molecule has 1 aromatic carbocycles. The Kier molecular flexibility index (Phi) is 6.82. The summed E-state index contributed by atoms with van der Waals surface area (Å²) in [6.07, 6.45) is 0.361. The number of carbonyl (C=O) groups excluding carboxylic acids is 1. The van der Waals surface area contributed by atoms with Crippen LogP contribution in [0.15, 0.2) is 24.3 Å². The smallest absolute Gasteiger partial charge is 0.223 e. The molecule has 1 aromatic rings. The first kappa shape index (κ1) is 16.8. The maximum absolute atomic E-state index is 11.9. The third-order valence-corrected chi connectivity index (χ3v) is 3.53. The molecule has 0 aromatic heterocycles. The average Bonchev–Trinajstić information content (AvgIpc) is 2.40. The van der Waals surface area contributed by atoms with Crippen molar-refractivity contribution in [3.05, 3.63) is 29.3 Å². The summed E-state index contributed by atoms with van der Waals surface area (Å²) in [6.45, 7) is 4.94. The minimum atomic E-state index is -0.102. The van der Waals surface area contributed by atoms with Crippen molar-refractivity contribution in [2.45, 2.75) is 26.3 Å². The monoisotopic (exact) mass is 298 g/mol. The molecule has 2 N–H and O–H groups in total. The molecular weight excluding hydrogens is 276 g/mol. The summed E-state index contributed by atoms with van der Waals surface area (Å²) in [5, 5.41) is 0.573. The zero-order valence-corrected chi connectivity index (χ0v) is 13.1. The van der Waals surface area contributed by atoms with Gasteiger partial charge < -0.3 is 15.4 Å². The van der Waals surface area contributed by atoms with Crippen LogP contribution >= 0.6 is 11.6 Å². The van der Waals surface area contributed by atoms with E-state index >= 15 is 0 Å². The molecule has 0 fully saturated rings. The van der Waals surface area contributed by atoms with E-state index in [1.165, 1.54) is 0 Å². The fourth-order valence-electron chi connectivity index (χ4n) is 1.57. The molecule has 112 valence electrons. The van der Waals surface area contributed by atoms with Crippen LogP contribution in [0.2, 0.25) is 5.02 Å². The number of rotatable bonds is 7. The first-order valence-electron chi connectivity index (χ1n) is 6.78. The van der Waals surface area contributed by atoms with Crippen molar-refractivity contribution in [2.75, 3.05) is 20.2 Å². The molecule has 0 bridgehead atoms. The summed E-state index contributed by atoms with van der Waals surface area (Å²) in [5.74, 6) is 0.967. The van der Waals surface area contributed by atoms with Gasteiger partial charge in [0.05, 0.1) is 11.6 Å². The van der Waals surface area contributed by atoms with E-state index in [-0.39, 0.29) is 11.9 Å². The van der Waals surface area contributed by atoms with Crippen LogP contribution in [0.25, 0.3) is 0 Å². The van der Waals surface area contributed by atoms with Gasteiger partial charge in [0.1, 0.15) is 12.4 Å². The van der Waals surface area contributed by atoms with Crippen LogP contribution in [0, 0.1) is 5.92 Å². The van der Waals surface area contributed by atoms with Gasteiger partial charge in [0.2, 0.25) is 5.91 Å². The Morgan fingerprint density at radius 2 is 2.05 bits per heavy atom. The number of benzene rings is 1. The van der Waals surface area contributed by atoms with Gasteiger partial charge in [-0.05, 0) is 18.1 Å². The van der Waals surface area contributed by atoms with Crippen LogP contribution in [0.4, 0.5) is 0 Å². The molecule has 1 rings (SSSR count). The molecule has 1 atom stereocenters. The van der Waals surface area contributed by atoms with Crippen molar-refractivity contribution in [3.8, 4) is 5.75 Å². The van der Waals surface area contributed by atoms with E-state index in [2.05, 4.69) is 0 Å². The van der Waals surface area contributed by atoms with Gasteiger partial charge in [0.25, 0.3) is 0 Å². The molecule has 0 aliphatic rings. The van der Waals surface area contributed by atoms with E-state index in [4.69, 9.17) is 22.1 Å². The number of ether oxygens (including phenoxy) is 1. The first-order valence-corrected chi connectivity index (χ1v) is 7.16. The number of carbonyl (C=O) groups is 1. The molecule has 0 spiro atoms. The molecule has 0 saturated heterocycles. The van der Waals surface area contributed by atoms with Gasteiger partial charge in [-0.1, -0.05) is 37.6 Å². The largest absolute Gasteiger partial charge is 0.490 e. The van der Waals surface area contributed by atoms with E-state index in [0.717, 1.165) is 0 Å². The Morgan fingerprint density at radius 1 is 1.40 bits per heavy atom. The maximum atomic E-state index is 11.9. The summed E-state index contributed by atoms with van der Waals surface area (Å²) < 4.78 is 5.55. The summed E-state index contributed by atoms with van der Waals surface area (Å²) in [5.41, 5.74) is 5.90. The Labute approximate surface area is 125 Å². The van der Waals surface area contributed by atoms with Gasteiger partial charge in [-0.2, -0.15) is 0 Å². The fourth-order valence-corrected chi connectivity index (χ4v) is 1.76. The number of hydrogen-bond donors (Lipinski definition) is 1. The second-order valence-electron chi connectivity index (χ2n) is 5.21. The van der Waals surface area contributed by atoms with Crippen LogP contribution < -0.4 is 10.5 Å². The Bertz CT molecular complexity index is 438. The van der Waals surface area contributed by atoms with Crippen molar-refractivity contribution in [2.24, 2.45) is 11.7 Å². The van der Waals surface area contributed by atoms with Crippen molar-refractivity contribution < 1.29 is 9.53 Å². The average molecular weight is 299 g/mol. The molecule has 20 heavy (non-hydrogen) atoms. The van der Waals surface area contributed by atoms with Gasteiger partial charge in [-0.3, -0.25) is 4.79 Å². The quantitative estimate of drug-likeness (QED) is 0.841. The summed E-state index contributed by atoms with van der Waals surface area (Å²) in [4.78, 5) is 13.6. The van der Waals surface area contributed by atoms with Gasteiger partial charge in [-0.25, -0.2) is 0 Å². The predicted octanol–water partition coefficient (Wildman–Crippen LogP) is 2.55. The van der Waals surface area contributed by atoms with Gasteiger partial charge in [-0.15, -0.1) is 0 Å². The van der Waals surface area contributed by atoms with Crippen LogP contribution in [-0.4, -0.2) is 37.0 Å². The van der Waals surface area contributed by atoms with E-state index in [1.54, 1.807) is 24.1 Å². The lowest BCUT2D eigenvalue weighted by molar-refractivity contribution is -0.130. The van der Waals surface area contributed by atoms with Crippen LogP contribution in [0.1, 0.15) is 20.3 Å². The lowest BCUT2D eigenvalue weighted by atomic mass is 10.0. The minimum absolute atomic E-state index is 0.0361. The van der Waals surface area contributed by atoms with Crippen molar-refractivity contribution in [1.82, 2.24) is 4.90 Å². The molecule has 1 unspecified atom stereocenters. The number of likely N-dealkylation sites (N-methyl/N-ethyl adjacent to an activating group) is 1. The zero-order chi connectivity index (χ0) is 15.1. The van der Waals surface area contributed by atoms with Crippen LogP contribution in [0.3, 0.4) is 0 Å². The highest BCUT2D eigenvalue weighted by molar-refractivity contribution is 6.32. The highest BCUT2D eigenvalue weighted by atomic mass is 35.5. The van der Waals surface area contributed by atoms with E-state index in [0.29, 0.717) is 36.3 Å². The normalized spacial score (nSPS) is 12.3. The number of hydrogen-bond acceptors (Lipinski definition) is 3. The molecule has 4 nitrogen and oxygen atoms in total. The third-order valence-electron chi connectivity index (χ3n) is 3.21. The molecule has 0 radical (unpaired) electrons. The lowest BCUT2D eigenvalue weighted by Crippen LogP contribution is -2.37. The minimum Gasteiger partial charge on any atom is -0.490 e. The molecule has 0 aliphatic carbocycles. The number of halogens is 1. The zero-order valence-electron chi connectivity index (χ0n) is 12.3. The molecule has 0 saturated carbocycles. The number of amides is 1. The third kappa shape index (κ3) is 5.39. The first-order chi connectivity index (χ1) is 9.41. The van der Waals surface area contributed by atoms with E-state index in [1.807, 2.05) is 26.0 Å². The van der Waals surface area contributed by atoms with Crippen molar-refractivity contribution in [1.29, 1.82) is 0 Å². The number of nitrogens with zero attached hydrogens (tertiary/aromatic N) is 1. The lowest BCUT2D eigenvalue weighted by Gasteiger charge is -2.21. The standard InChI is InChI=1S/C15H23ClN2O2/c1-11(2)13(17)10-15(19)18(3)8-9-20-14-7-5-4-6-12(14)16/h4-7,11,13H,8-10,17H2,1-3H3. The van der Waals surface area contributed by atoms with Crippen molar-refractivity contribution in [3.63, 3.8) is 0 Å². The Hall–Kier alpha value is -1.26. The molecule has 0 aliphatic heterocycles. The van der Waals surface area contributed by atoms with Crippen LogP contribution in [0.5, 0.6) is 5.75 Å². The number of nitrogens with two attached hydrogens (primary N) is 1. The molecular formula is C15H23ClN2O2. The van der Waals surface area contributed by atoms with Crippen LogP contribution in [-0.2, 0) is 4.79 Å². The molecule has 0 heterocycles. The topological polar surface area (TPSA) is 55.6 Å². The summed E-state index contributed by atoms with van der Waals surface area (Å²) in [7, 11) is 1.76. The van der Waals surface area contributed by atoms with Gasteiger partial charge >= 0.3 is 0 Å².